The van der Waals surface area contributed by atoms with Crippen LogP contribution >= 0.6 is 0 Å². The van der Waals surface area contributed by atoms with Crippen LogP contribution in [0.5, 0.6) is 0 Å². The summed E-state index contributed by atoms with van der Waals surface area (Å²) in [4.78, 5) is 16.3. The molecule has 0 fully saturated rings. The molecule has 0 aliphatic heterocycles. The molecule has 0 aromatic carbocycles. The van der Waals surface area contributed by atoms with Crippen molar-refractivity contribution in [2.24, 2.45) is 5.92 Å². The fraction of sp³-hybridized carbons (Fsp3) is 0.500. The van der Waals surface area contributed by atoms with E-state index in [0.717, 1.165) is 0 Å². The van der Waals surface area contributed by atoms with Gasteiger partial charge in [0.2, 0.25) is 0 Å². The van der Waals surface area contributed by atoms with Gasteiger partial charge >= 0.3 is 0 Å². The van der Waals surface area contributed by atoms with Crippen molar-refractivity contribution in [1.82, 2.24) is 5.48 Å². The zero-order chi connectivity index (χ0) is 10.6. The smallest absolute Gasteiger partial charge is 0.278 e. The summed E-state index contributed by atoms with van der Waals surface area (Å²) in [5, 5.41) is 0. The average molecular weight is 197 g/mol. The van der Waals surface area contributed by atoms with Crippen molar-refractivity contribution in [3.05, 3.63) is 23.7 Å². The molecule has 4 heteroatoms. The van der Waals surface area contributed by atoms with Crippen LogP contribution < -0.4 is 5.48 Å². The summed E-state index contributed by atoms with van der Waals surface area (Å²) in [5.74, 6) is 0.822. The van der Waals surface area contributed by atoms with E-state index < -0.39 is 0 Å². The lowest BCUT2D eigenvalue weighted by molar-refractivity contribution is 0.0208. The highest BCUT2D eigenvalue weighted by atomic mass is 16.6. The molecule has 78 valence electrons. The Kier molecular flexibility index (Phi) is 3.71. The molecule has 1 aromatic heterocycles. The molecular weight excluding hydrogens is 182 g/mol. The Morgan fingerprint density at radius 2 is 2.36 bits per heavy atom. The molecular formula is C10H15NO3. The molecule has 0 atom stereocenters. The average Bonchev–Trinajstić information content (AvgIpc) is 2.51. The maximum Gasteiger partial charge on any atom is 0.278 e. The standard InChI is InChI=1S/C10H15NO3/c1-7(2)5-14-11-10(12)9-4-8(3)13-6-9/h4,6-7H,5H2,1-3H3,(H,11,12). The zero-order valence-electron chi connectivity index (χ0n) is 8.66. The first-order valence-corrected chi connectivity index (χ1v) is 4.57. The monoisotopic (exact) mass is 197 g/mol. The summed E-state index contributed by atoms with van der Waals surface area (Å²) in [7, 11) is 0. The number of nitrogens with one attached hydrogen (secondary N) is 1. The number of furan rings is 1. The summed E-state index contributed by atoms with van der Waals surface area (Å²) >= 11 is 0. The maximum atomic E-state index is 11.3. The van der Waals surface area contributed by atoms with Crippen molar-refractivity contribution < 1.29 is 14.0 Å². The molecule has 1 amide bonds. The molecule has 1 N–H and O–H groups in total. The number of hydrogen-bond donors (Lipinski definition) is 1. The SMILES string of the molecule is Cc1cc(C(=O)NOCC(C)C)co1. The van der Waals surface area contributed by atoms with E-state index in [4.69, 9.17) is 9.25 Å². The lowest BCUT2D eigenvalue weighted by Gasteiger charge is -2.06. The van der Waals surface area contributed by atoms with Gasteiger partial charge in [0.25, 0.3) is 5.91 Å². The Bertz CT molecular complexity index is 304. The fourth-order valence-corrected chi connectivity index (χ4v) is 0.895. The van der Waals surface area contributed by atoms with Gasteiger partial charge in [-0.15, -0.1) is 0 Å². The number of rotatable bonds is 4. The molecule has 1 rings (SSSR count). The summed E-state index contributed by atoms with van der Waals surface area (Å²) in [6.07, 6.45) is 1.41. The van der Waals surface area contributed by atoms with Gasteiger partial charge in [0, 0.05) is 0 Å². The van der Waals surface area contributed by atoms with Crippen LogP contribution in [0.15, 0.2) is 16.7 Å². The maximum absolute atomic E-state index is 11.3. The van der Waals surface area contributed by atoms with Crippen LogP contribution in [0.4, 0.5) is 0 Å². The minimum Gasteiger partial charge on any atom is -0.469 e. The molecule has 0 spiro atoms. The van der Waals surface area contributed by atoms with Crippen molar-refractivity contribution in [1.29, 1.82) is 0 Å². The summed E-state index contributed by atoms with van der Waals surface area (Å²) < 4.78 is 5.00. The van der Waals surface area contributed by atoms with Gasteiger partial charge in [-0.3, -0.25) is 9.63 Å². The third kappa shape index (κ3) is 3.22. The van der Waals surface area contributed by atoms with Crippen LogP contribution in [-0.4, -0.2) is 12.5 Å². The zero-order valence-corrected chi connectivity index (χ0v) is 8.66. The van der Waals surface area contributed by atoms with Crippen molar-refractivity contribution in [3.63, 3.8) is 0 Å². The molecule has 4 nitrogen and oxygen atoms in total. The van der Waals surface area contributed by atoms with Gasteiger partial charge in [0.05, 0.1) is 12.2 Å². The van der Waals surface area contributed by atoms with Crippen LogP contribution in [0.25, 0.3) is 0 Å². The number of hydroxylamine groups is 1. The van der Waals surface area contributed by atoms with Crippen LogP contribution in [0.3, 0.4) is 0 Å². The van der Waals surface area contributed by atoms with Gasteiger partial charge in [-0.05, 0) is 18.9 Å². The van der Waals surface area contributed by atoms with Gasteiger partial charge in [-0.1, -0.05) is 13.8 Å². The highest BCUT2D eigenvalue weighted by molar-refractivity contribution is 5.93. The second kappa shape index (κ2) is 4.81. The van der Waals surface area contributed by atoms with E-state index in [0.29, 0.717) is 23.8 Å². The first kappa shape index (κ1) is 10.8. The molecule has 0 unspecified atom stereocenters. The molecule has 0 radical (unpaired) electrons. The highest BCUT2D eigenvalue weighted by Crippen LogP contribution is 2.05. The Morgan fingerprint density at radius 3 is 2.86 bits per heavy atom. The van der Waals surface area contributed by atoms with E-state index in [1.165, 1.54) is 6.26 Å². The molecule has 14 heavy (non-hydrogen) atoms. The third-order valence-electron chi connectivity index (χ3n) is 1.57. The summed E-state index contributed by atoms with van der Waals surface area (Å²) in [6.45, 7) is 6.30. The van der Waals surface area contributed by atoms with Crippen LogP contribution in [0.2, 0.25) is 0 Å². The molecule has 0 saturated carbocycles. The fourth-order valence-electron chi connectivity index (χ4n) is 0.895. The third-order valence-corrected chi connectivity index (χ3v) is 1.57. The van der Waals surface area contributed by atoms with Gasteiger partial charge in [0.1, 0.15) is 12.0 Å². The molecule has 0 bridgehead atoms. The van der Waals surface area contributed by atoms with Crippen molar-refractivity contribution in [2.75, 3.05) is 6.61 Å². The first-order valence-electron chi connectivity index (χ1n) is 4.57. The van der Waals surface area contributed by atoms with Crippen LogP contribution in [-0.2, 0) is 4.84 Å². The Morgan fingerprint density at radius 1 is 1.64 bits per heavy atom. The molecule has 0 aliphatic carbocycles. The number of amides is 1. The quantitative estimate of drug-likeness (QED) is 0.750. The van der Waals surface area contributed by atoms with E-state index in [-0.39, 0.29) is 5.91 Å². The van der Waals surface area contributed by atoms with Gasteiger partial charge in [-0.25, -0.2) is 5.48 Å². The number of aryl methyl sites for hydroxylation is 1. The predicted molar refractivity (Wildman–Crippen MR) is 51.7 cm³/mol. The highest BCUT2D eigenvalue weighted by Gasteiger charge is 2.08. The lowest BCUT2D eigenvalue weighted by Crippen LogP contribution is -2.25. The minimum absolute atomic E-state index is 0.275. The summed E-state index contributed by atoms with van der Waals surface area (Å²) in [6, 6.07) is 1.66. The van der Waals surface area contributed by atoms with Gasteiger partial charge in [-0.2, -0.15) is 0 Å². The van der Waals surface area contributed by atoms with Crippen LogP contribution in [0.1, 0.15) is 30.0 Å². The van der Waals surface area contributed by atoms with Crippen molar-refractivity contribution in [2.45, 2.75) is 20.8 Å². The second-order valence-corrected chi connectivity index (χ2v) is 3.58. The van der Waals surface area contributed by atoms with Gasteiger partial charge in [0.15, 0.2) is 0 Å². The Hall–Kier alpha value is -1.29. The van der Waals surface area contributed by atoms with Gasteiger partial charge < -0.3 is 4.42 Å². The minimum atomic E-state index is -0.275. The first-order chi connectivity index (χ1) is 6.59. The number of carbonyl (C=O) groups excluding carboxylic acids is 1. The molecule has 0 saturated heterocycles. The topological polar surface area (TPSA) is 51.5 Å². The Labute approximate surface area is 83.2 Å². The van der Waals surface area contributed by atoms with E-state index >= 15 is 0 Å². The Balaban J connectivity index is 2.36. The second-order valence-electron chi connectivity index (χ2n) is 3.58. The largest absolute Gasteiger partial charge is 0.469 e. The van der Waals surface area contributed by atoms with E-state index in [1.54, 1.807) is 13.0 Å². The van der Waals surface area contributed by atoms with E-state index in [2.05, 4.69) is 5.48 Å². The van der Waals surface area contributed by atoms with Crippen molar-refractivity contribution in [3.8, 4) is 0 Å². The van der Waals surface area contributed by atoms with Crippen molar-refractivity contribution >= 4 is 5.91 Å². The summed E-state index contributed by atoms with van der Waals surface area (Å²) in [5.41, 5.74) is 2.82. The molecule has 0 aliphatic rings. The lowest BCUT2D eigenvalue weighted by atomic mass is 10.2. The predicted octanol–water partition coefficient (Wildman–Crippen LogP) is 1.91. The molecule has 1 heterocycles. The number of hydrogen-bond acceptors (Lipinski definition) is 3. The van der Waals surface area contributed by atoms with E-state index in [9.17, 15) is 4.79 Å². The number of carbonyl (C=O) groups is 1. The van der Waals surface area contributed by atoms with E-state index in [1.807, 2.05) is 13.8 Å². The van der Waals surface area contributed by atoms with Crippen LogP contribution in [0, 0.1) is 12.8 Å². The normalized spacial score (nSPS) is 10.6. The molecule has 1 aromatic rings.